The Morgan fingerprint density at radius 2 is 1.47 bits per heavy atom. The Morgan fingerprint density at radius 1 is 0.947 bits per heavy atom. The van der Waals surface area contributed by atoms with E-state index in [0.717, 1.165) is 38.8 Å². The van der Waals surface area contributed by atoms with Crippen LogP contribution in [-0.4, -0.2) is 41.6 Å². The van der Waals surface area contributed by atoms with Gasteiger partial charge in [0.2, 0.25) is 0 Å². The highest BCUT2D eigenvalue weighted by atomic mass is 16.4. The van der Waals surface area contributed by atoms with E-state index in [1.165, 1.54) is 25.7 Å². The van der Waals surface area contributed by atoms with Crippen molar-refractivity contribution in [1.29, 1.82) is 0 Å². The summed E-state index contributed by atoms with van der Waals surface area (Å²) in [5, 5.41) is 17.9. The van der Waals surface area contributed by atoms with Crippen molar-refractivity contribution in [3.63, 3.8) is 0 Å². The molecule has 4 N–H and O–H groups in total. The van der Waals surface area contributed by atoms with Crippen LogP contribution >= 0.6 is 0 Å². The Balaban J connectivity index is 2.01. The average molecular weight is 270 g/mol. The van der Waals surface area contributed by atoms with Gasteiger partial charge in [0, 0.05) is 0 Å². The second-order valence-corrected chi connectivity index (χ2v) is 5.46. The smallest absolute Gasteiger partial charge is 0.419 e. The molecular weight excluding hydrogens is 244 g/mol. The maximum Gasteiger partial charge on any atom is 0.419 e. The van der Waals surface area contributed by atoms with Crippen molar-refractivity contribution in [3.8, 4) is 0 Å². The molecule has 0 aromatic carbocycles. The van der Waals surface area contributed by atoms with Crippen LogP contribution < -0.4 is 16.1 Å². The maximum atomic E-state index is 11.1. The van der Waals surface area contributed by atoms with E-state index in [0.29, 0.717) is 0 Å². The first kappa shape index (κ1) is 14.6. The van der Waals surface area contributed by atoms with Crippen LogP contribution in [0.15, 0.2) is 0 Å². The van der Waals surface area contributed by atoms with Gasteiger partial charge in [0.25, 0.3) is 0 Å². The second kappa shape index (κ2) is 7.67. The maximum absolute atomic E-state index is 11.1. The molecule has 2 fully saturated rings. The molecule has 0 aromatic rings. The monoisotopic (exact) mass is 270 g/mol. The number of nitrogens with zero attached hydrogens (tertiary/aromatic N) is 1. The van der Waals surface area contributed by atoms with Crippen LogP contribution in [0.5, 0.6) is 0 Å². The van der Waals surface area contributed by atoms with E-state index >= 15 is 0 Å². The lowest BCUT2D eigenvalue weighted by Gasteiger charge is -2.37. The van der Waals surface area contributed by atoms with Crippen molar-refractivity contribution in [1.82, 2.24) is 21.1 Å². The van der Waals surface area contributed by atoms with Gasteiger partial charge in [-0.15, -0.1) is 0 Å². The lowest BCUT2D eigenvalue weighted by Crippen LogP contribution is -2.62. The molecular formula is C13H26N4O2. The second-order valence-electron chi connectivity index (χ2n) is 5.46. The van der Waals surface area contributed by atoms with E-state index in [1.54, 1.807) is 0 Å². The molecule has 0 aromatic heterocycles. The molecule has 2 rings (SSSR count). The van der Waals surface area contributed by atoms with Crippen molar-refractivity contribution >= 4 is 6.09 Å². The number of amides is 1. The molecule has 110 valence electrons. The number of hydrogen-bond donors (Lipinski definition) is 4. The van der Waals surface area contributed by atoms with Gasteiger partial charge in [0.15, 0.2) is 0 Å². The molecule has 2 atom stereocenters. The highest BCUT2D eigenvalue weighted by Gasteiger charge is 2.28. The number of nitrogens with one attached hydrogen (secondary N) is 3. The fraction of sp³-hybridized carbons (Fsp3) is 0.923. The molecule has 0 bridgehead atoms. The fourth-order valence-corrected chi connectivity index (χ4v) is 2.98. The van der Waals surface area contributed by atoms with Gasteiger partial charge in [-0.05, 0) is 38.8 Å². The Bertz CT molecular complexity index is 252. The summed E-state index contributed by atoms with van der Waals surface area (Å²) in [4.78, 5) is 11.1. The molecule has 0 aliphatic carbocycles. The van der Waals surface area contributed by atoms with Crippen LogP contribution in [0.4, 0.5) is 4.79 Å². The third-order valence-electron chi connectivity index (χ3n) is 3.96. The van der Waals surface area contributed by atoms with Crippen LogP contribution in [0, 0.1) is 0 Å². The lowest BCUT2D eigenvalue weighted by molar-refractivity contribution is 0.0299. The van der Waals surface area contributed by atoms with E-state index in [9.17, 15) is 4.79 Å². The summed E-state index contributed by atoms with van der Waals surface area (Å²) in [6.45, 7) is 1.93. The van der Waals surface area contributed by atoms with Crippen molar-refractivity contribution in [2.45, 2.75) is 63.7 Å². The normalized spacial score (nSPS) is 29.5. The summed E-state index contributed by atoms with van der Waals surface area (Å²) < 4.78 is 0. The lowest BCUT2D eigenvalue weighted by atomic mass is 10.1. The van der Waals surface area contributed by atoms with Gasteiger partial charge in [-0.1, -0.05) is 25.7 Å². The Hall–Kier alpha value is -0.850. The zero-order valence-corrected chi connectivity index (χ0v) is 11.5. The predicted molar refractivity (Wildman–Crippen MR) is 73.5 cm³/mol. The van der Waals surface area contributed by atoms with Gasteiger partial charge in [-0.25, -0.2) is 4.79 Å². The summed E-state index contributed by atoms with van der Waals surface area (Å²) in [5.41, 5.74) is 2.60. The first-order valence-corrected chi connectivity index (χ1v) is 7.52. The summed E-state index contributed by atoms with van der Waals surface area (Å²) in [5.74, 6) is 0. The minimum absolute atomic E-state index is 0.106. The van der Waals surface area contributed by atoms with E-state index in [1.807, 2.05) is 5.01 Å². The summed E-state index contributed by atoms with van der Waals surface area (Å²) >= 11 is 0. The van der Waals surface area contributed by atoms with Crippen LogP contribution in [0.1, 0.15) is 51.4 Å². The minimum atomic E-state index is -0.975. The third kappa shape index (κ3) is 4.63. The molecule has 2 aliphatic rings. The first-order valence-electron chi connectivity index (χ1n) is 7.52. The molecule has 0 radical (unpaired) electrons. The number of hydrazine groups is 1. The number of carboxylic acid groups (broad SMARTS) is 1. The molecule has 2 aliphatic heterocycles. The molecule has 6 nitrogen and oxygen atoms in total. The average Bonchev–Trinajstić information content (AvgIpc) is 2.80. The summed E-state index contributed by atoms with van der Waals surface area (Å²) in [6, 6.07) is 0. The molecule has 6 heteroatoms. The van der Waals surface area contributed by atoms with E-state index < -0.39 is 6.09 Å². The molecule has 19 heavy (non-hydrogen) atoms. The van der Waals surface area contributed by atoms with Gasteiger partial charge in [0.1, 0.15) is 0 Å². The fourth-order valence-electron chi connectivity index (χ4n) is 2.98. The highest BCUT2D eigenvalue weighted by molar-refractivity contribution is 5.63. The van der Waals surface area contributed by atoms with Crippen molar-refractivity contribution in [2.75, 3.05) is 13.1 Å². The molecule has 2 unspecified atom stereocenters. The van der Waals surface area contributed by atoms with Crippen LogP contribution in [0.25, 0.3) is 0 Å². The molecule has 2 heterocycles. The van der Waals surface area contributed by atoms with Gasteiger partial charge < -0.3 is 15.7 Å². The molecule has 2 saturated heterocycles. The van der Waals surface area contributed by atoms with Gasteiger partial charge in [-0.3, -0.25) is 5.43 Å². The predicted octanol–water partition coefficient (Wildman–Crippen LogP) is 1.45. The van der Waals surface area contributed by atoms with E-state index in [2.05, 4.69) is 16.1 Å². The minimum Gasteiger partial charge on any atom is -0.464 e. The van der Waals surface area contributed by atoms with Gasteiger partial charge in [0.05, 0.1) is 12.3 Å². The number of carbonyl (C=O) groups is 1. The van der Waals surface area contributed by atoms with E-state index in [-0.39, 0.29) is 12.3 Å². The van der Waals surface area contributed by atoms with Crippen LogP contribution in [0.3, 0.4) is 0 Å². The largest absolute Gasteiger partial charge is 0.464 e. The van der Waals surface area contributed by atoms with Gasteiger partial charge >= 0.3 is 6.09 Å². The van der Waals surface area contributed by atoms with Crippen molar-refractivity contribution < 1.29 is 9.90 Å². The molecule has 0 saturated carbocycles. The van der Waals surface area contributed by atoms with E-state index in [4.69, 9.17) is 5.11 Å². The summed E-state index contributed by atoms with van der Waals surface area (Å²) in [7, 11) is 0. The van der Waals surface area contributed by atoms with Gasteiger partial charge in [-0.2, -0.15) is 5.01 Å². The van der Waals surface area contributed by atoms with Crippen molar-refractivity contribution in [2.24, 2.45) is 0 Å². The number of hydrogen-bond acceptors (Lipinski definition) is 4. The Kier molecular flexibility index (Phi) is 5.88. The summed E-state index contributed by atoms with van der Waals surface area (Å²) in [6.07, 6.45) is 8.35. The van der Waals surface area contributed by atoms with Crippen LogP contribution in [0.2, 0.25) is 0 Å². The Labute approximate surface area is 114 Å². The molecule has 0 spiro atoms. The zero-order valence-electron chi connectivity index (χ0n) is 11.5. The highest BCUT2D eigenvalue weighted by Crippen LogP contribution is 2.17. The Morgan fingerprint density at radius 3 is 1.95 bits per heavy atom. The third-order valence-corrected chi connectivity index (χ3v) is 3.96. The first-order chi connectivity index (χ1) is 9.27. The quantitative estimate of drug-likeness (QED) is 0.584. The van der Waals surface area contributed by atoms with Crippen molar-refractivity contribution in [3.05, 3.63) is 0 Å². The zero-order chi connectivity index (χ0) is 13.5. The topological polar surface area (TPSA) is 76.6 Å². The standard InChI is InChI=1S/C13H26N4O2/c18-13(19)16-17(11-7-3-1-5-9-14-11)12-8-4-2-6-10-15-12/h11-12,14-16H,1-10H2,(H,18,19). The van der Waals surface area contributed by atoms with Crippen LogP contribution in [-0.2, 0) is 0 Å². The number of rotatable bonds is 3. The SMILES string of the molecule is O=C(O)NN(C1CCCCCN1)C1CCCCCN1. The molecule has 1 amide bonds.